The van der Waals surface area contributed by atoms with Crippen LogP contribution in [0.5, 0.6) is 5.75 Å². The van der Waals surface area contributed by atoms with Gasteiger partial charge in [0.2, 0.25) is 15.9 Å². The average Bonchev–Trinajstić information content (AvgIpc) is 4.08. The molecule has 1 aromatic heterocycles. The summed E-state index contributed by atoms with van der Waals surface area (Å²) in [5, 5.41) is 50.5. The van der Waals surface area contributed by atoms with Gasteiger partial charge in [-0.3, -0.25) is 9.78 Å². The van der Waals surface area contributed by atoms with Crippen LogP contribution in [0.4, 0.5) is 0 Å². The molecule has 1 amide bonds. The van der Waals surface area contributed by atoms with Crippen molar-refractivity contribution < 1.29 is 48.2 Å². The fourth-order valence-corrected chi connectivity index (χ4v) is 7.94. The molecule has 15 heteroatoms. The Balaban J connectivity index is 1.02. The van der Waals surface area contributed by atoms with E-state index in [1.165, 1.54) is 16.4 Å². The Morgan fingerprint density at radius 2 is 1.77 bits per heavy atom. The van der Waals surface area contributed by atoms with Gasteiger partial charge in [0, 0.05) is 48.2 Å². The third kappa shape index (κ3) is 8.84. The van der Waals surface area contributed by atoms with E-state index >= 15 is 0 Å². The van der Waals surface area contributed by atoms with Crippen molar-refractivity contribution in [2.24, 2.45) is 5.92 Å². The number of sulfonamides is 1. The maximum atomic E-state index is 13.5. The summed E-state index contributed by atoms with van der Waals surface area (Å²) < 4.78 is 41.1. The fourth-order valence-electron chi connectivity index (χ4n) is 6.13. The van der Waals surface area contributed by atoms with Crippen molar-refractivity contribution in [2.75, 3.05) is 26.2 Å². The van der Waals surface area contributed by atoms with E-state index < -0.39 is 59.1 Å². The SMILES string of the molecule is O=C(C=CCC1CN(S(=O)(=O)c2ccc(Cl)c(COC3(c4cnccc4-c4ccccc4OC4CC4)CC3)c2)C1)NC[C@H](O)[C@@H](O)[C@H](O)[C@H](O)CO. The molecule has 0 radical (unpaired) electrons. The van der Waals surface area contributed by atoms with Crippen molar-refractivity contribution in [2.45, 2.75) is 79.7 Å². The third-order valence-electron chi connectivity index (χ3n) is 9.64. The molecule has 2 aliphatic carbocycles. The van der Waals surface area contributed by atoms with Crippen molar-refractivity contribution in [1.29, 1.82) is 0 Å². The Hall–Kier alpha value is -3.44. The summed E-state index contributed by atoms with van der Waals surface area (Å²) in [6.45, 7) is -0.584. The molecule has 2 aromatic carbocycles. The molecule has 1 aliphatic heterocycles. The Morgan fingerprint density at radius 3 is 2.48 bits per heavy atom. The highest BCUT2D eigenvalue weighted by molar-refractivity contribution is 7.89. The van der Waals surface area contributed by atoms with Gasteiger partial charge < -0.3 is 40.3 Å². The second kappa shape index (κ2) is 16.3. The van der Waals surface area contributed by atoms with E-state index in [-0.39, 0.29) is 36.6 Å². The molecule has 0 unspecified atom stereocenters. The first-order chi connectivity index (χ1) is 24.9. The number of ether oxygens (including phenoxy) is 2. The lowest BCUT2D eigenvalue weighted by atomic mass is 9.96. The van der Waals surface area contributed by atoms with Crippen molar-refractivity contribution in [3.05, 3.63) is 89.2 Å². The van der Waals surface area contributed by atoms with E-state index in [1.807, 2.05) is 36.5 Å². The highest BCUT2D eigenvalue weighted by Crippen LogP contribution is 2.53. The van der Waals surface area contributed by atoms with Gasteiger partial charge in [-0.1, -0.05) is 35.9 Å². The van der Waals surface area contributed by atoms with Crippen LogP contribution in [0.2, 0.25) is 5.02 Å². The number of aliphatic hydroxyl groups is 5. The molecular weight excluding hydrogens is 714 g/mol. The zero-order valence-electron chi connectivity index (χ0n) is 28.4. The number of hydrogen-bond donors (Lipinski definition) is 6. The van der Waals surface area contributed by atoms with Crippen molar-refractivity contribution in [3.63, 3.8) is 0 Å². The minimum atomic E-state index is -3.81. The number of amides is 1. The van der Waals surface area contributed by atoms with Crippen LogP contribution in [0.15, 0.2) is 78.0 Å². The minimum Gasteiger partial charge on any atom is -0.490 e. The van der Waals surface area contributed by atoms with Gasteiger partial charge in [0.1, 0.15) is 24.1 Å². The molecule has 3 aromatic rings. The molecule has 280 valence electrons. The number of aliphatic hydroxyl groups excluding tert-OH is 5. The van der Waals surface area contributed by atoms with Crippen molar-refractivity contribution >= 4 is 27.5 Å². The summed E-state index contributed by atoms with van der Waals surface area (Å²) in [5.74, 6) is 0.247. The van der Waals surface area contributed by atoms with Crippen LogP contribution in [0.25, 0.3) is 11.1 Å². The molecule has 2 saturated carbocycles. The highest BCUT2D eigenvalue weighted by Gasteiger charge is 2.48. The maximum Gasteiger partial charge on any atom is 0.243 e. The molecule has 13 nitrogen and oxygen atoms in total. The second-order valence-electron chi connectivity index (χ2n) is 13.6. The molecule has 4 atom stereocenters. The van der Waals surface area contributed by atoms with E-state index in [1.54, 1.807) is 24.4 Å². The standard InChI is InChI=1S/C37H44ClN3O10S/c38-30-11-10-26(52(48,49)41-19-23(20-41)4-3-7-34(45)40-18-31(43)35(46)36(47)32(44)21-42)16-24(30)22-50-37(13-14-37)29-17-39-15-12-27(29)28-5-1-2-6-33(28)51-25-8-9-25/h1-3,5-7,10-12,15-17,23,25,31-32,35-36,42-44,46-47H,4,8-9,13-14,18-22H2,(H,40,45)/t31-,32+,35+,36+/m0/s1. The normalized spacial score (nSPS) is 19.8. The molecule has 0 bridgehead atoms. The lowest BCUT2D eigenvalue weighted by molar-refractivity contribution is -0.122. The maximum absolute atomic E-state index is 13.5. The van der Waals surface area contributed by atoms with Gasteiger partial charge in [0.05, 0.1) is 35.9 Å². The number of hydrogen-bond acceptors (Lipinski definition) is 11. The number of allylic oxidation sites excluding steroid dienone is 1. The van der Waals surface area contributed by atoms with E-state index in [0.29, 0.717) is 17.0 Å². The predicted octanol–water partition coefficient (Wildman–Crippen LogP) is 2.27. The molecule has 1 saturated heterocycles. The number of carbonyl (C=O) groups excluding carboxylic acids is 1. The first kappa shape index (κ1) is 38.3. The predicted molar refractivity (Wildman–Crippen MR) is 191 cm³/mol. The zero-order chi connectivity index (χ0) is 37.0. The summed E-state index contributed by atoms with van der Waals surface area (Å²) in [6, 6.07) is 14.5. The molecule has 6 N–H and O–H groups in total. The first-order valence-corrected chi connectivity index (χ1v) is 19.1. The zero-order valence-corrected chi connectivity index (χ0v) is 30.0. The number of para-hydroxylation sites is 1. The van der Waals surface area contributed by atoms with Gasteiger partial charge in [0.15, 0.2) is 0 Å². The summed E-state index contributed by atoms with van der Waals surface area (Å²) in [4.78, 5) is 16.7. The Labute approximate surface area is 307 Å². The van der Waals surface area contributed by atoms with E-state index in [9.17, 15) is 33.6 Å². The van der Waals surface area contributed by atoms with Crippen molar-refractivity contribution in [3.8, 4) is 16.9 Å². The van der Waals surface area contributed by atoms with Crippen molar-refractivity contribution in [1.82, 2.24) is 14.6 Å². The summed E-state index contributed by atoms with van der Waals surface area (Å²) in [6.07, 6.45) is 3.96. The monoisotopic (exact) mass is 757 g/mol. The number of halogens is 1. The van der Waals surface area contributed by atoms with Gasteiger partial charge in [0.25, 0.3) is 0 Å². The first-order valence-electron chi connectivity index (χ1n) is 17.3. The van der Waals surface area contributed by atoms with E-state index in [2.05, 4.69) is 10.3 Å². The van der Waals surface area contributed by atoms with Crippen LogP contribution in [-0.4, -0.2) is 106 Å². The summed E-state index contributed by atoms with van der Waals surface area (Å²) >= 11 is 6.55. The lowest BCUT2D eigenvalue weighted by Gasteiger charge is -2.37. The molecule has 6 rings (SSSR count). The Bertz CT molecular complexity index is 1860. The van der Waals surface area contributed by atoms with Crippen LogP contribution < -0.4 is 10.1 Å². The topological polar surface area (TPSA) is 199 Å². The van der Waals surface area contributed by atoms with Crippen LogP contribution >= 0.6 is 11.6 Å². The van der Waals surface area contributed by atoms with Gasteiger partial charge >= 0.3 is 0 Å². The molecule has 3 aliphatic rings. The minimum absolute atomic E-state index is 0.0142. The molecule has 2 heterocycles. The Kier molecular flexibility index (Phi) is 12.0. The van der Waals surface area contributed by atoms with Gasteiger partial charge in [-0.2, -0.15) is 4.31 Å². The number of pyridine rings is 1. The number of carbonyl (C=O) groups is 1. The van der Waals surface area contributed by atoms with Gasteiger partial charge in [-0.15, -0.1) is 0 Å². The molecule has 3 fully saturated rings. The average molecular weight is 758 g/mol. The molecule has 0 spiro atoms. The molecular formula is C37H44ClN3O10S. The summed E-state index contributed by atoms with van der Waals surface area (Å²) in [7, 11) is -3.81. The lowest BCUT2D eigenvalue weighted by Crippen LogP contribution is -2.49. The number of benzene rings is 2. The smallest absolute Gasteiger partial charge is 0.243 e. The van der Waals surface area contributed by atoms with E-state index in [0.717, 1.165) is 48.1 Å². The van der Waals surface area contributed by atoms with Crippen LogP contribution in [0.3, 0.4) is 0 Å². The number of aromatic nitrogens is 1. The van der Waals surface area contributed by atoms with Crippen LogP contribution in [0, 0.1) is 5.92 Å². The second-order valence-corrected chi connectivity index (χ2v) is 16.0. The van der Waals surface area contributed by atoms with Crippen LogP contribution in [-0.2, 0) is 31.8 Å². The molecule has 52 heavy (non-hydrogen) atoms. The van der Waals surface area contributed by atoms with E-state index in [4.69, 9.17) is 26.2 Å². The third-order valence-corrected chi connectivity index (χ3v) is 11.8. The fraction of sp³-hybridized carbons (Fsp3) is 0.459. The van der Waals surface area contributed by atoms with Crippen LogP contribution in [0.1, 0.15) is 43.2 Å². The Morgan fingerprint density at radius 1 is 1.04 bits per heavy atom. The summed E-state index contributed by atoms with van der Waals surface area (Å²) in [5.41, 5.74) is 2.88. The quantitative estimate of drug-likeness (QED) is 0.104. The van der Waals surface area contributed by atoms with Gasteiger partial charge in [-0.25, -0.2) is 8.42 Å². The number of nitrogens with zero attached hydrogens (tertiary/aromatic N) is 2. The highest BCUT2D eigenvalue weighted by atomic mass is 35.5. The van der Waals surface area contributed by atoms with Gasteiger partial charge in [-0.05, 0) is 85.6 Å². The largest absolute Gasteiger partial charge is 0.490 e. The number of rotatable bonds is 18. The number of nitrogens with one attached hydrogen (secondary N) is 1.